The van der Waals surface area contributed by atoms with Crippen LogP contribution in [0.5, 0.6) is 0 Å². The zero-order valence-electron chi connectivity index (χ0n) is 38.2. The molecule has 15 rings (SSSR count). The first kappa shape index (κ1) is 39.8. The maximum absolute atomic E-state index is 7.28. The minimum atomic E-state index is 0.395. The van der Waals surface area contributed by atoms with Crippen LogP contribution in [0.15, 0.2) is 133 Å². The van der Waals surface area contributed by atoms with E-state index in [-0.39, 0.29) is 0 Å². The Morgan fingerprint density at radius 2 is 1.06 bits per heavy atom. The summed E-state index contributed by atoms with van der Waals surface area (Å²) in [6.07, 6.45) is 15.4. The van der Waals surface area contributed by atoms with E-state index in [0.717, 1.165) is 24.2 Å². The minimum absolute atomic E-state index is 0.395. The molecule has 5 aromatic rings. The van der Waals surface area contributed by atoms with E-state index in [2.05, 4.69) is 165 Å². The van der Waals surface area contributed by atoms with Crippen LogP contribution in [-0.2, 0) is 4.74 Å². The number of benzene rings is 5. The van der Waals surface area contributed by atoms with Crippen LogP contribution in [0.1, 0.15) is 93.6 Å². The molecule has 66 heavy (non-hydrogen) atoms. The molecular formula is C58H65BN6O. The molecule has 5 aromatic carbocycles. The lowest BCUT2D eigenvalue weighted by Crippen LogP contribution is -2.76. The molecule has 0 bridgehead atoms. The topological polar surface area (TPSA) is 63.8 Å². The molecule has 4 N–H and O–H groups in total. The zero-order chi connectivity index (χ0) is 43.0. The van der Waals surface area contributed by atoms with Crippen molar-refractivity contribution in [2.75, 3.05) is 0 Å². The summed E-state index contributed by atoms with van der Waals surface area (Å²) in [5.41, 5.74) is 27.0. The highest BCUT2D eigenvalue weighted by molar-refractivity contribution is 6.65. The van der Waals surface area contributed by atoms with Crippen molar-refractivity contribution in [1.29, 1.82) is 0 Å². The van der Waals surface area contributed by atoms with Crippen molar-refractivity contribution < 1.29 is 4.74 Å². The highest BCUT2D eigenvalue weighted by Crippen LogP contribution is 2.69. The van der Waals surface area contributed by atoms with Crippen molar-refractivity contribution in [2.24, 2.45) is 23.7 Å². The van der Waals surface area contributed by atoms with Gasteiger partial charge in [0, 0.05) is 42.2 Å². The van der Waals surface area contributed by atoms with Gasteiger partial charge in [0.2, 0.25) is 0 Å². The van der Waals surface area contributed by atoms with Crippen molar-refractivity contribution in [1.82, 2.24) is 31.9 Å². The molecule has 8 heteroatoms. The van der Waals surface area contributed by atoms with E-state index in [4.69, 9.17) is 4.74 Å². The lowest BCUT2D eigenvalue weighted by molar-refractivity contribution is -0.0537. The van der Waals surface area contributed by atoms with Gasteiger partial charge >= 0.3 is 0 Å². The molecule has 10 aliphatic rings. The third kappa shape index (κ3) is 6.01. The van der Waals surface area contributed by atoms with Gasteiger partial charge in [-0.1, -0.05) is 147 Å². The van der Waals surface area contributed by atoms with Crippen LogP contribution in [-0.4, -0.2) is 65.2 Å². The first-order valence-electron chi connectivity index (χ1n) is 26.4. The average Bonchev–Trinajstić information content (AvgIpc) is 4.13. The highest BCUT2D eigenvalue weighted by Gasteiger charge is 2.74. The molecule has 5 aliphatic heterocycles. The fourth-order valence-electron chi connectivity index (χ4n) is 18.1. The number of nitrogens with zero attached hydrogens (tertiary/aromatic N) is 2. The van der Waals surface area contributed by atoms with E-state index in [0.29, 0.717) is 90.4 Å². The number of hydrazine groups is 4. The predicted molar refractivity (Wildman–Crippen MR) is 264 cm³/mol. The maximum Gasteiger partial charge on any atom is 0.158 e. The van der Waals surface area contributed by atoms with Gasteiger partial charge < -0.3 is 4.74 Å². The molecule has 0 radical (unpaired) electrons. The Hall–Kier alpha value is -4.12. The van der Waals surface area contributed by atoms with Gasteiger partial charge in [-0.15, -0.1) is 0 Å². The summed E-state index contributed by atoms with van der Waals surface area (Å²) in [6.45, 7) is 0.708. The number of ether oxygens (including phenoxy) is 1. The molecule has 5 saturated carbocycles. The van der Waals surface area contributed by atoms with Gasteiger partial charge in [0.05, 0.1) is 12.2 Å². The van der Waals surface area contributed by atoms with Crippen molar-refractivity contribution in [3.63, 3.8) is 0 Å². The summed E-state index contributed by atoms with van der Waals surface area (Å²) in [5.74, 6) is 5.83. The Bertz CT molecular complexity index is 2540. The van der Waals surface area contributed by atoms with Gasteiger partial charge in [-0.2, -0.15) is 11.1 Å². The Kier molecular flexibility index (Phi) is 9.48. The van der Waals surface area contributed by atoms with Gasteiger partial charge in [0.1, 0.15) is 0 Å². The lowest BCUT2D eigenvalue weighted by atomic mass is 9.15. The van der Waals surface area contributed by atoms with Crippen molar-refractivity contribution >= 4 is 6.71 Å². The van der Waals surface area contributed by atoms with Gasteiger partial charge in [-0.3, -0.25) is 0 Å². The van der Waals surface area contributed by atoms with Crippen LogP contribution in [0.4, 0.5) is 0 Å². The molecule has 5 heterocycles. The van der Waals surface area contributed by atoms with Gasteiger partial charge in [-0.25, -0.2) is 20.9 Å². The molecular weight excluding hydrogens is 807 g/mol. The highest BCUT2D eigenvalue weighted by atomic mass is 16.5. The van der Waals surface area contributed by atoms with E-state index in [1.807, 2.05) is 0 Å². The Balaban J connectivity index is 0.853. The van der Waals surface area contributed by atoms with Gasteiger partial charge in [0.25, 0.3) is 0 Å². The van der Waals surface area contributed by atoms with Crippen molar-refractivity contribution in [3.8, 4) is 33.4 Å². The average molecular weight is 873 g/mol. The number of hydrogen-bond donors (Lipinski definition) is 4. The van der Waals surface area contributed by atoms with E-state index in [1.54, 1.807) is 5.56 Å². The van der Waals surface area contributed by atoms with E-state index in [9.17, 15) is 0 Å². The van der Waals surface area contributed by atoms with Crippen LogP contribution < -0.4 is 21.9 Å². The maximum atomic E-state index is 7.28. The molecule has 17 atom stereocenters. The monoisotopic (exact) mass is 873 g/mol. The fraction of sp³-hybridized carbons (Fsp3) is 0.483. The second-order valence-corrected chi connectivity index (χ2v) is 22.7. The predicted octanol–water partition coefficient (Wildman–Crippen LogP) is 10.6. The summed E-state index contributed by atoms with van der Waals surface area (Å²) < 4.78 is 7.28. The number of fused-ring (bicyclic) bond motifs is 10. The zero-order valence-corrected chi connectivity index (χ0v) is 38.2. The second kappa shape index (κ2) is 15.7. The van der Waals surface area contributed by atoms with Crippen LogP contribution in [0.2, 0.25) is 17.5 Å². The van der Waals surface area contributed by atoms with Crippen LogP contribution in [0, 0.1) is 23.7 Å². The molecule has 17 unspecified atom stereocenters. The standard InChI is InChI=1S/C58H65BN6O/c1-4-15-34(16-5-1)39-28-40(35-17-6-2-7-18-35)30-41(29-39)37-21-14-22-38(27-37)42-31-47-54-48(32-42)65-58-53(44-24-11-10-23-43(44)51(56(58)61-63-65)36-19-8-3-9-20-36)59(54)55-52-45-25-12-13-26-49(45)66-50(52)33-46-57(55)64(47)62-60-46/h1-9,14-22,27-30,42-58,60-63H,10-13,23-26,31-33H2. The van der Waals surface area contributed by atoms with Crippen LogP contribution in [0.3, 0.4) is 0 Å². The SMILES string of the molecule is c1ccc(-c2cc(-c3ccccc3)cc(-c3cccc(C4CC5C6B(C7C8C(CC9NNN5C97)OC5CCCCC58)C5C7CCCCC7C(c7ccccc7)C7NNN(C6C4)C75)c3)c2)cc1. The number of rotatable bonds is 5. The van der Waals surface area contributed by atoms with E-state index in [1.165, 1.54) is 103 Å². The van der Waals surface area contributed by atoms with Crippen LogP contribution >= 0.6 is 0 Å². The molecule has 0 aromatic heterocycles. The molecule has 0 amide bonds. The van der Waals surface area contributed by atoms with Crippen LogP contribution in [0.25, 0.3) is 33.4 Å². The molecule has 5 saturated heterocycles. The smallest absolute Gasteiger partial charge is 0.158 e. The summed E-state index contributed by atoms with van der Waals surface area (Å²) in [7, 11) is 0. The fourth-order valence-corrected chi connectivity index (χ4v) is 18.1. The number of hydrogen-bond acceptors (Lipinski definition) is 7. The Labute approximate surface area is 391 Å². The minimum Gasteiger partial charge on any atom is -0.374 e. The van der Waals surface area contributed by atoms with E-state index < -0.39 is 0 Å². The lowest BCUT2D eigenvalue weighted by Gasteiger charge is -2.68. The van der Waals surface area contributed by atoms with Gasteiger partial charge in [0.15, 0.2) is 6.71 Å². The largest absolute Gasteiger partial charge is 0.374 e. The van der Waals surface area contributed by atoms with E-state index >= 15 is 0 Å². The van der Waals surface area contributed by atoms with Crippen molar-refractivity contribution in [2.45, 2.75) is 148 Å². The third-order valence-corrected chi connectivity index (χ3v) is 20.1. The number of nitrogens with one attached hydrogen (secondary N) is 4. The first-order valence-corrected chi connectivity index (χ1v) is 26.4. The summed E-state index contributed by atoms with van der Waals surface area (Å²) in [4.78, 5) is 0. The Morgan fingerprint density at radius 3 is 1.79 bits per heavy atom. The Morgan fingerprint density at radius 1 is 0.470 bits per heavy atom. The molecule has 10 fully saturated rings. The molecule has 336 valence electrons. The molecule has 5 aliphatic carbocycles. The summed E-state index contributed by atoms with van der Waals surface area (Å²) in [5, 5.41) is 5.77. The van der Waals surface area contributed by atoms with Crippen molar-refractivity contribution in [3.05, 3.63) is 145 Å². The summed E-state index contributed by atoms with van der Waals surface area (Å²) in [6, 6.07) is 53.4. The summed E-state index contributed by atoms with van der Waals surface area (Å²) >= 11 is 0. The molecule has 0 spiro atoms. The first-order chi connectivity index (χ1) is 32.7. The van der Waals surface area contributed by atoms with Gasteiger partial charge in [-0.05, 0) is 148 Å². The quantitative estimate of drug-likeness (QED) is 0.131. The normalized spacial score (nSPS) is 40.7. The second-order valence-electron chi connectivity index (χ2n) is 22.7. The third-order valence-electron chi connectivity index (χ3n) is 20.1. The molecule has 7 nitrogen and oxygen atoms in total.